The zero-order valence-electron chi connectivity index (χ0n) is 10.3. The first kappa shape index (κ1) is 15.9. The van der Waals surface area contributed by atoms with Gasteiger partial charge < -0.3 is 10.2 Å². The van der Waals surface area contributed by atoms with E-state index in [2.05, 4.69) is 0 Å². The van der Waals surface area contributed by atoms with Gasteiger partial charge in [0.2, 0.25) is 10.0 Å². The summed E-state index contributed by atoms with van der Waals surface area (Å²) in [5, 5.41) is 28.7. The van der Waals surface area contributed by atoms with Crippen molar-refractivity contribution in [2.75, 3.05) is 0 Å². The van der Waals surface area contributed by atoms with E-state index in [1.165, 1.54) is 6.92 Å². The minimum Gasteiger partial charge on any atom is -0.502 e. The summed E-state index contributed by atoms with van der Waals surface area (Å²) in [6, 6.07) is 1.12. The highest BCUT2D eigenvalue weighted by Crippen LogP contribution is 2.28. The van der Waals surface area contributed by atoms with Crippen LogP contribution in [0.2, 0.25) is 0 Å². The van der Waals surface area contributed by atoms with E-state index in [1.807, 2.05) is 4.72 Å². The molecule has 0 spiro atoms. The van der Waals surface area contributed by atoms with Crippen molar-refractivity contribution < 1.29 is 28.3 Å². The van der Waals surface area contributed by atoms with Gasteiger partial charge in [-0.25, -0.2) is 8.42 Å². The first-order valence-electron chi connectivity index (χ1n) is 5.41. The topological polar surface area (TPSA) is 147 Å². The predicted molar refractivity (Wildman–Crippen MR) is 66.8 cm³/mol. The molecule has 0 fully saturated rings. The van der Waals surface area contributed by atoms with Crippen molar-refractivity contribution in [2.24, 2.45) is 0 Å². The maximum Gasteiger partial charge on any atom is 0.321 e. The molecule has 1 atom stereocenters. The number of aromatic hydroxyl groups is 1. The van der Waals surface area contributed by atoms with E-state index in [-0.39, 0.29) is 6.42 Å². The van der Waals surface area contributed by atoms with E-state index in [4.69, 9.17) is 5.11 Å². The number of nitrogens with one attached hydrogen (secondary N) is 1. The Kier molecular flexibility index (Phi) is 4.63. The number of carbonyl (C=O) groups is 1. The van der Waals surface area contributed by atoms with Gasteiger partial charge >= 0.3 is 11.7 Å². The highest BCUT2D eigenvalue weighted by atomic mass is 32.2. The van der Waals surface area contributed by atoms with Gasteiger partial charge in [-0.3, -0.25) is 14.9 Å². The Morgan fingerprint density at radius 1 is 1.50 bits per heavy atom. The smallest absolute Gasteiger partial charge is 0.321 e. The van der Waals surface area contributed by atoms with Crippen LogP contribution in [-0.2, 0) is 14.8 Å². The van der Waals surface area contributed by atoms with Crippen LogP contribution in [-0.4, -0.2) is 35.6 Å². The number of hydrogen-bond acceptors (Lipinski definition) is 6. The molecule has 110 valence electrons. The van der Waals surface area contributed by atoms with Crippen molar-refractivity contribution in [3.8, 4) is 5.75 Å². The van der Waals surface area contributed by atoms with Crippen LogP contribution in [0.15, 0.2) is 23.1 Å². The lowest BCUT2D eigenvalue weighted by atomic mass is 10.2. The molecule has 0 saturated heterocycles. The molecule has 1 aromatic carbocycles. The first-order valence-corrected chi connectivity index (χ1v) is 6.90. The van der Waals surface area contributed by atoms with E-state index < -0.39 is 43.3 Å². The zero-order valence-corrected chi connectivity index (χ0v) is 11.1. The zero-order chi connectivity index (χ0) is 15.5. The summed E-state index contributed by atoms with van der Waals surface area (Å²) in [5.74, 6) is -2.04. The van der Waals surface area contributed by atoms with Crippen LogP contribution in [0, 0.1) is 10.1 Å². The second-order valence-electron chi connectivity index (χ2n) is 3.83. The number of benzene rings is 1. The quantitative estimate of drug-likeness (QED) is 0.510. The maximum atomic E-state index is 11.9. The van der Waals surface area contributed by atoms with E-state index in [9.17, 15) is 28.4 Å². The van der Waals surface area contributed by atoms with E-state index in [0.29, 0.717) is 6.07 Å². The summed E-state index contributed by atoms with van der Waals surface area (Å²) in [4.78, 5) is 20.0. The second kappa shape index (κ2) is 5.84. The normalized spacial score (nSPS) is 12.8. The standard InChI is InChI=1S/C10H12N2O7S/c1-2-7(10(14)15)11-20(18,19)6-3-4-9(13)8(5-6)12(16)17/h3-5,7,11,13H,2H2,1H3,(H,14,15)/t7-/m1/s1. The van der Waals surface area contributed by atoms with Crippen LogP contribution in [0.4, 0.5) is 5.69 Å². The molecule has 0 amide bonds. The average molecular weight is 304 g/mol. The number of carboxylic acids is 1. The first-order chi connectivity index (χ1) is 9.19. The Labute approximate surface area is 114 Å². The van der Waals surface area contributed by atoms with Gasteiger partial charge in [0.05, 0.1) is 9.82 Å². The molecular weight excluding hydrogens is 292 g/mol. The van der Waals surface area contributed by atoms with Crippen LogP contribution in [0.1, 0.15) is 13.3 Å². The second-order valence-corrected chi connectivity index (χ2v) is 5.54. The molecule has 0 heterocycles. The Hall–Kier alpha value is -2.20. The van der Waals surface area contributed by atoms with Crippen molar-refractivity contribution in [1.29, 1.82) is 0 Å². The molecule has 0 radical (unpaired) electrons. The monoisotopic (exact) mass is 304 g/mol. The van der Waals surface area contributed by atoms with Crippen molar-refractivity contribution in [3.05, 3.63) is 28.3 Å². The number of nitro benzene ring substituents is 1. The number of nitrogens with zero attached hydrogens (tertiary/aromatic N) is 1. The minimum atomic E-state index is -4.24. The summed E-state index contributed by atoms with van der Waals surface area (Å²) in [6.07, 6.45) is 0.00867. The van der Waals surface area contributed by atoms with Gasteiger partial charge in [0.1, 0.15) is 6.04 Å². The lowest BCUT2D eigenvalue weighted by molar-refractivity contribution is -0.386. The lowest BCUT2D eigenvalue weighted by Gasteiger charge is -2.12. The van der Waals surface area contributed by atoms with Crippen LogP contribution in [0.25, 0.3) is 0 Å². The molecule has 3 N–H and O–H groups in total. The largest absolute Gasteiger partial charge is 0.502 e. The fourth-order valence-electron chi connectivity index (χ4n) is 1.38. The molecule has 1 rings (SSSR count). The number of carboxylic acid groups (broad SMARTS) is 1. The fraction of sp³-hybridized carbons (Fsp3) is 0.300. The van der Waals surface area contributed by atoms with Gasteiger partial charge in [-0.2, -0.15) is 4.72 Å². The molecule has 0 unspecified atom stereocenters. The lowest BCUT2D eigenvalue weighted by Crippen LogP contribution is -2.40. The molecule has 0 aliphatic rings. The van der Waals surface area contributed by atoms with Crippen LogP contribution in [0.5, 0.6) is 5.75 Å². The third kappa shape index (κ3) is 3.42. The highest BCUT2D eigenvalue weighted by molar-refractivity contribution is 7.89. The van der Waals surface area contributed by atoms with Gasteiger partial charge in [-0.15, -0.1) is 0 Å². The van der Waals surface area contributed by atoms with Gasteiger partial charge in [0.25, 0.3) is 0 Å². The van der Waals surface area contributed by atoms with Crippen LogP contribution >= 0.6 is 0 Å². The van der Waals surface area contributed by atoms with Gasteiger partial charge in [0, 0.05) is 6.07 Å². The van der Waals surface area contributed by atoms with Gasteiger partial charge in [-0.05, 0) is 18.6 Å². The summed E-state index contributed by atoms with van der Waals surface area (Å²) >= 11 is 0. The number of phenols is 1. The molecule has 9 nitrogen and oxygen atoms in total. The minimum absolute atomic E-state index is 0.00867. The molecule has 1 aromatic rings. The van der Waals surface area contributed by atoms with Gasteiger partial charge in [-0.1, -0.05) is 6.92 Å². The molecular formula is C10H12N2O7S. The van der Waals surface area contributed by atoms with Crippen molar-refractivity contribution in [1.82, 2.24) is 4.72 Å². The third-order valence-electron chi connectivity index (χ3n) is 2.46. The molecule has 0 aliphatic heterocycles. The number of rotatable bonds is 6. The summed E-state index contributed by atoms with van der Waals surface area (Å²) < 4.78 is 25.7. The van der Waals surface area contributed by atoms with Crippen molar-refractivity contribution in [2.45, 2.75) is 24.3 Å². The van der Waals surface area contributed by atoms with Gasteiger partial charge in [0.15, 0.2) is 5.75 Å². The molecule has 0 aromatic heterocycles. The molecule has 20 heavy (non-hydrogen) atoms. The number of aliphatic carboxylic acids is 1. The number of phenolic OH excluding ortho intramolecular Hbond substituents is 1. The third-order valence-corrected chi connectivity index (χ3v) is 3.93. The number of sulfonamides is 1. The SMILES string of the molecule is CC[C@@H](NS(=O)(=O)c1ccc(O)c([N+](=O)[O-])c1)C(=O)O. The molecule has 10 heteroatoms. The van der Waals surface area contributed by atoms with E-state index in [0.717, 1.165) is 12.1 Å². The maximum absolute atomic E-state index is 11.9. The van der Waals surface area contributed by atoms with Crippen molar-refractivity contribution in [3.63, 3.8) is 0 Å². The number of nitro groups is 1. The summed E-state index contributed by atoms with van der Waals surface area (Å²) in [6.45, 7) is 1.47. The summed E-state index contributed by atoms with van der Waals surface area (Å²) in [5.41, 5.74) is -0.781. The van der Waals surface area contributed by atoms with E-state index in [1.54, 1.807) is 0 Å². The Balaban J connectivity index is 3.19. The molecule has 0 bridgehead atoms. The number of hydrogen-bond donors (Lipinski definition) is 3. The predicted octanol–water partition coefficient (Wildman–Crippen LogP) is 0.442. The Morgan fingerprint density at radius 3 is 2.55 bits per heavy atom. The Morgan fingerprint density at radius 2 is 2.10 bits per heavy atom. The molecule has 0 saturated carbocycles. The fourth-order valence-corrected chi connectivity index (χ4v) is 2.67. The highest BCUT2D eigenvalue weighted by Gasteiger charge is 2.26. The van der Waals surface area contributed by atoms with Crippen LogP contribution < -0.4 is 4.72 Å². The molecule has 0 aliphatic carbocycles. The van der Waals surface area contributed by atoms with E-state index >= 15 is 0 Å². The van der Waals surface area contributed by atoms with Crippen LogP contribution in [0.3, 0.4) is 0 Å². The average Bonchev–Trinajstić information content (AvgIpc) is 2.35. The summed E-state index contributed by atoms with van der Waals surface area (Å²) in [7, 11) is -4.24. The Bertz CT molecular complexity index is 641. The van der Waals surface area contributed by atoms with Crippen molar-refractivity contribution >= 4 is 21.7 Å².